The van der Waals surface area contributed by atoms with Crippen LogP contribution in [0, 0.1) is 11.8 Å². The molecule has 0 spiro atoms. The molecule has 2 heteroatoms. The van der Waals surface area contributed by atoms with Crippen molar-refractivity contribution in [2.75, 3.05) is 26.2 Å². The number of rotatable bonds is 4. The molecule has 2 heterocycles. The van der Waals surface area contributed by atoms with E-state index < -0.39 is 0 Å². The molecule has 2 aliphatic heterocycles. The van der Waals surface area contributed by atoms with Gasteiger partial charge in [0.15, 0.2) is 0 Å². The lowest BCUT2D eigenvalue weighted by Gasteiger charge is -2.35. The Balaban J connectivity index is 1.65. The number of likely N-dealkylation sites (tertiary alicyclic amines) is 1. The third-order valence-corrected chi connectivity index (χ3v) is 4.32. The summed E-state index contributed by atoms with van der Waals surface area (Å²) in [6, 6.07) is 0.854. The van der Waals surface area contributed by atoms with Crippen LogP contribution in [0.1, 0.15) is 46.0 Å². The van der Waals surface area contributed by atoms with Gasteiger partial charge >= 0.3 is 0 Å². The van der Waals surface area contributed by atoms with Gasteiger partial charge in [0.25, 0.3) is 0 Å². The largest absolute Gasteiger partial charge is 0.314 e. The summed E-state index contributed by atoms with van der Waals surface area (Å²) in [5, 5.41) is 3.67. The fourth-order valence-corrected chi connectivity index (χ4v) is 3.13. The van der Waals surface area contributed by atoms with E-state index in [4.69, 9.17) is 0 Å². The van der Waals surface area contributed by atoms with E-state index in [2.05, 4.69) is 24.1 Å². The van der Waals surface area contributed by atoms with Gasteiger partial charge in [0.05, 0.1) is 0 Å². The lowest BCUT2D eigenvalue weighted by molar-refractivity contribution is 0.157. The lowest BCUT2D eigenvalue weighted by Crippen LogP contribution is -2.41. The summed E-state index contributed by atoms with van der Waals surface area (Å²) in [5.74, 6) is 1.83. The molecule has 0 saturated carbocycles. The Labute approximate surface area is 101 Å². The Kier molecular flexibility index (Phi) is 4.66. The van der Waals surface area contributed by atoms with Crippen molar-refractivity contribution >= 4 is 0 Å². The van der Waals surface area contributed by atoms with Gasteiger partial charge in [0.1, 0.15) is 0 Å². The first-order valence-corrected chi connectivity index (χ1v) is 7.21. The first kappa shape index (κ1) is 12.4. The van der Waals surface area contributed by atoms with E-state index in [0.29, 0.717) is 0 Å². The van der Waals surface area contributed by atoms with Crippen LogP contribution in [-0.2, 0) is 0 Å². The number of nitrogens with zero attached hydrogens (tertiary/aromatic N) is 1. The van der Waals surface area contributed by atoms with Crippen LogP contribution in [0.15, 0.2) is 0 Å². The third kappa shape index (κ3) is 3.46. The number of hydrogen-bond acceptors (Lipinski definition) is 2. The van der Waals surface area contributed by atoms with E-state index >= 15 is 0 Å². The predicted molar refractivity (Wildman–Crippen MR) is 69.6 cm³/mol. The average molecular weight is 224 g/mol. The van der Waals surface area contributed by atoms with E-state index in [1.54, 1.807) is 0 Å². The smallest absolute Gasteiger partial charge is 0.00967 e. The lowest BCUT2D eigenvalue weighted by atomic mass is 9.88. The highest BCUT2D eigenvalue weighted by atomic mass is 15.1. The van der Waals surface area contributed by atoms with Crippen LogP contribution in [0.25, 0.3) is 0 Å². The first-order chi connectivity index (χ1) is 7.75. The maximum atomic E-state index is 3.67. The zero-order chi connectivity index (χ0) is 11.4. The average Bonchev–Trinajstić information content (AvgIpc) is 2.80. The van der Waals surface area contributed by atoms with E-state index in [-0.39, 0.29) is 0 Å². The van der Waals surface area contributed by atoms with E-state index in [1.165, 1.54) is 58.3 Å². The molecule has 1 unspecified atom stereocenters. The molecule has 0 aromatic carbocycles. The van der Waals surface area contributed by atoms with E-state index in [1.807, 2.05) is 0 Å². The van der Waals surface area contributed by atoms with Gasteiger partial charge in [-0.25, -0.2) is 0 Å². The van der Waals surface area contributed by atoms with Crippen LogP contribution < -0.4 is 5.32 Å². The van der Waals surface area contributed by atoms with Crippen molar-refractivity contribution in [3.8, 4) is 0 Å². The van der Waals surface area contributed by atoms with Crippen molar-refractivity contribution in [3.05, 3.63) is 0 Å². The zero-order valence-electron chi connectivity index (χ0n) is 11.0. The van der Waals surface area contributed by atoms with Gasteiger partial charge < -0.3 is 10.2 Å². The molecule has 2 aliphatic rings. The van der Waals surface area contributed by atoms with Crippen molar-refractivity contribution in [1.82, 2.24) is 10.2 Å². The topological polar surface area (TPSA) is 15.3 Å². The van der Waals surface area contributed by atoms with Gasteiger partial charge in [-0.15, -0.1) is 0 Å². The van der Waals surface area contributed by atoms with Crippen molar-refractivity contribution in [3.63, 3.8) is 0 Å². The molecule has 1 atom stereocenters. The van der Waals surface area contributed by atoms with Crippen LogP contribution in [0.4, 0.5) is 0 Å². The Morgan fingerprint density at radius 1 is 1.19 bits per heavy atom. The summed E-state index contributed by atoms with van der Waals surface area (Å²) in [4.78, 5) is 2.67. The van der Waals surface area contributed by atoms with Gasteiger partial charge in [-0.1, -0.05) is 13.8 Å². The molecule has 0 radical (unpaired) electrons. The Bertz CT molecular complexity index is 189. The van der Waals surface area contributed by atoms with Crippen LogP contribution in [-0.4, -0.2) is 37.1 Å². The summed E-state index contributed by atoms with van der Waals surface area (Å²) < 4.78 is 0. The second-order valence-corrected chi connectivity index (χ2v) is 6.06. The van der Waals surface area contributed by atoms with Gasteiger partial charge in [0, 0.05) is 6.04 Å². The summed E-state index contributed by atoms with van der Waals surface area (Å²) in [7, 11) is 0. The molecule has 2 rings (SSSR count). The van der Waals surface area contributed by atoms with Crippen molar-refractivity contribution < 1.29 is 0 Å². The van der Waals surface area contributed by atoms with E-state index in [9.17, 15) is 0 Å². The number of piperidine rings is 1. The third-order valence-electron chi connectivity index (χ3n) is 4.32. The number of hydrogen-bond donors (Lipinski definition) is 1. The number of nitrogens with one attached hydrogen (secondary N) is 1. The SMILES string of the molecule is CC(C)CCN1CCC(C2CCCN2)CC1. The summed E-state index contributed by atoms with van der Waals surface area (Å²) in [6.07, 6.45) is 7.05. The Hall–Kier alpha value is -0.0800. The molecule has 0 aromatic heterocycles. The van der Waals surface area contributed by atoms with Crippen molar-refractivity contribution in [1.29, 1.82) is 0 Å². The van der Waals surface area contributed by atoms with Crippen molar-refractivity contribution in [2.24, 2.45) is 11.8 Å². The fourth-order valence-electron chi connectivity index (χ4n) is 3.13. The molecule has 1 N–H and O–H groups in total. The Morgan fingerprint density at radius 3 is 2.50 bits per heavy atom. The summed E-state index contributed by atoms with van der Waals surface area (Å²) in [5.41, 5.74) is 0. The quantitative estimate of drug-likeness (QED) is 0.789. The maximum Gasteiger partial charge on any atom is 0.00967 e. The van der Waals surface area contributed by atoms with Crippen LogP contribution >= 0.6 is 0 Å². The molecular weight excluding hydrogens is 196 g/mol. The maximum absolute atomic E-state index is 3.67. The predicted octanol–water partition coefficient (Wildman–Crippen LogP) is 2.50. The molecule has 0 aliphatic carbocycles. The second-order valence-electron chi connectivity index (χ2n) is 6.06. The Morgan fingerprint density at radius 2 is 1.94 bits per heavy atom. The van der Waals surface area contributed by atoms with Crippen LogP contribution in [0.3, 0.4) is 0 Å². The molecule has 2 fully saturated rings. The minimum absolute atomic E-state index is 0.854. The molecule has 0 aromatic rings. The molecule has 16 heavy (non-hydrogen) atoms. The van der Waals surface area contributed by atoms with Crippen molar-refractivity contribution in [2.45, 2.75) is 52.0 Å². The molecule has 0 bridgehead atoms. The monoisotopic (exact) mass is 224 g/mol. The van der Waals surface area contributed by atoms with Crippen LogP contribution in [0.2, 0.25) is 0 Å². The fraction of sp³-hybridized carbons (Fsp3) is 1.00. The highest BCUT2D eigenvalue weighted by molar-refractivity contribution is 4.85. The molecule has 0 amide bonds. The molecule has 94 valence electrons. The molecular formula is C14H28N2. The zero-order valence-corrected chi connectivity index (χ0v) is 11.0. The molecule has 2 saturated heterocycles. The second kappa shape index (κ2) is 6.02. The normalized spacial score (nSPS) is 29.1. The van der Waals surface area contributed by atoms with Gasteiger partial charge in [-0.2, -0.15) is 0 Å². The van der Waals surface area contributed by atoms with Gasteiger partial charge in [-0.3, -0.25) is 0 Å². The van der Waals surface area contributed by atoms with E-state index in [0.717, 1.165) is 17.9 Å². The summed E-state index contributed by atoms with van der Waals surface area (Å²) in [6.45, 7) is 9.93. The van der Waals surface area contributed by atoms with Crippen LogP contribution in [0.5, 0.6) is 0 Å². The van der Waals surface area contributed by atoms with Gasteiger partial charge in [-0.05, 0) is 70.1 Å². The summed E-state index contributed by atoms with van der Waals surface area (Å²) >= 11 is 0. The van der Waals surface area contributed by atoms with Gasteiger partial charge in [0.2, 0.25) is 0 Å². The highest BCUT2D eigenvalue weighted by Gasteiger charge is 2.27. The standard InChI is InChI=1S/C14H28N2/c1-12(2)5-9-16-10-6-13(7-11-16)14-4-3-8-15-14/h12-15H,3-11H2,1-2H3. The minimum Gasteiger partial charge on any atom is -0.314 e. The molecule has 2 nitrogen and oxygen atoms in total. The minimum atomic E-state index is 0.854. The first-order valence-electron chi connectivity index (χ1n) is 7.21. The highest BCUT2D eigenvalue weighted by Crippen LogP contribution is 2.25.